The number of carbonyl (C=O) groups is 5. The number of nitrogens with zero attached hydrogens (tertiary/aromatic N) is 1. The average Bonchev–Trinajstić information content (AvgIpc) is 3.13. The molecule has 2 aliphatic rings. The molecule has 2 aliphatic heterocycles. The van der Waals surface area contributed by atoms with Gasteiger partial charge in [-0.15, -0.1) is 0 Å². The summed E-state index contributed by atoms with van der Waals surface area (Å²) in [5.41, 5.74) is 1.06. The maximum absolute atomic E-state index is 12.8. The lowest BCUT2D eigenvalue weighted by atomic mass is 10.0. The monoisotopic (exact) mass is 459 g/mol. The summed E-state index contributed by atoms with van der Waals surface area (Å²) in [6.45, 7) is 0.504. The fourth-order valence-electron chi connectivity index (χ4n) is 3.96. The van der Waals surface area contributed by atoms with Crippen molar-refractivity contribution in [1.82, 2.24) is 15.5 Å². The standard InChI is InChI=1S/C23H29N3O7/c1-32-21(29)9-4-2-3-5-12-24-20(28)14-33-18-8-6-7-15-16(18)13-26(23(15)31)17-10-11-19(27)25-22(17)30/h6-8,17H,2-5,9-14H2,1H3,(H,24,28)(H,25,27,30). The van der Waals surface area contributed by atoms with Gasteiger partial charge in [0.15, 0.2) is 6.61 Å². The number of esters is 1. The quantitative estimate of drug-likeness (QED) is 0.287. The predicted octanol–water partition coefficient (Wildman–Crippen LogP) is 1.07. The molecule has 1 unspecified atom stereocenters. The first-order valence-corrected chi connectivity index (χ1v) is 11.1. The number of piperidine rings is 1. The molecule has 2 N–H and O–H groups in total. The van der Waals surface area contributed by atoms with E-state index in [1.807, 2.05) is 0 Å². The number of ether oxygens (including phenoxy) is 2. The van der Waals surface area contributed by atoms with Gasteiger partial charge in [-0.05, 0) is 31.4 Å². The van der Waals surface area contributed by atoms with Gasteiger partial charge in [-0.3, -0.25) is 29.3 Å². The summed E-state index contributed by atoms with van der Waals surface area (Å²) in [7, 11) is 1.37. The Morgan fingerprint density at radius 2 is 1.94 bits per heavy atom. The van der Waals surface area contributed by atoms with Gasteiger partial charge < -0.3 is 19.7 Å². The molecular formula is C23H29N3O7. The summed E-state index contributed by atoms with van der Waals surface area (Å²) < 4.78 is 10.3. The molecule has 1 saturated heterocycles. The maximum atomic E-state index is 12.8. The Bertz CT molecular complexity index is 931. The molecule has 10 heteroatoms. The maximum Gasteiger partial charge on any atom is 0.305 e. The van der Waals surface area contributed by atoms with E-state index in [4.69, 9.17) is 4.74 Å². The van der Waals surface area contributed by atoms with E-state index in [1.165, 1.54) is 12.0 Å². The number of carbonyl (C=O) groups excluding carboxylic acids is 5. The molecular weight excluding hydrogens is 430 g/mol. The highest BCUT2D eigenvalue weighted by Gasteiger charge is 2.40. The van der Waals surface area contributed by atoms with Gasteiger partial charge in [0, 0.05) is 30.5 Å². The number of imide groups is 1. The van der Waals surface area contributed by atoms with Crippen LogP contribution in [0.4, 0.5) is 0 Å². The van der Waals surface area contributed by atoms with Crippen molar-refractivity contribution >= 4 is 29.6 Å². The van der Waals surface area contributed by atoms with Crippen LogP contribution in [0.1, 0.15) is 60.9 Å². The van der Waals surface area contributed by atoms with Crippen molar-refractivity contribution in [2.45, 2.75) is 57.5 Å². The van der Waals surface area contributed by atoms with Crippen molar-refractivity contribution in [2.75, 3.05) is 20.3 Å². The fraction of sp³-hybridized carbons (Fsp3) is 0.522. The molecule has 2 heterocycles. The van der Waals surface area contributed by atoms with Crippen molar-refractivity contribution in [3.05, 3.63) is 29.3 Å². The topological polar surface area (TPSA) is 131 Å². The molecule has 178 valence electrons. The van der Waals surface area contributed by atoms with E-state index in [0.717, 1.165) is 25.7 Å². The second-order valence-corrected chi connectivity index (χ2v) is 8.06. The van der Waals surface area contributed by atoms with Crippen molar-refractivity contribution in [2.24, 2.45) is 0 Å². The zero-order valence-electron chi connectivity index (χ0n) is 18.7. The van der Waals surface area contributed by atoms with Gasteiger partial charge in [0.2, 0.25) is 11.8 Å². The number of methoxy groups -OCH3 is 1. The van der Waals surface area contributed by atoms with Crippen LogP contribution in [0, 0.1) is 0 Å². The lowest BCUT2D eigenvalue weighted by Crippen LogP contribution is -2.52. The zero-order chi connectivity index (χ0) is 23.8. The molecule has 0 saturated carbocycles. The van der Waals surface area contributed by atoms with Gasteiger partial charge in [0.05, 0.1) is 13.7 Å². The van der Waals surface area contributed by atoms with E-state index < -0.39 is 11.9 Å². The molecule has 1 aromatic carbocycles. The Hall–Kier alpha value is -3.43. The third kappa shape index (κ3) is 6.30. The Balaban J connectivity index is 1.44. The minimum absolute atomic E-state index is 0.184. The highest BCUT2D eigenvalue weighted by atomic mass is 16.5. The van der Waals surface area contributed by atoms with Gasteiger partial charge in [-0.1, -0.05) is 18.9 Å². The van der Waals surface area contributed by atoms with Gasteiger partial charge >= 0.3 is 5.97 Å². The number of unbranched alkanes of at least 4 members (excludes halogenated alkanes) is 3. The number of amides is 4. The Morgan fingerprint density at radius 3 is 2.70 bits per heavy atom. The van der Waals surface area contributed by atoms with Crippen LogP contribution >= 0.6 is 0 Å². The van der Waals surface area contributed by atoms with Gasteiger partial charge in [-0.2, -0.15) is 0 Å². The smallest absolute Gasteiger partial charge is 0.305 e. The molecule has 0 bridgehead atoms. The zero-order valence-corrected chi connectivity index (χ0v) is 18.7. The van der Waals surface area contributed by atoms with Crippen LogP contribution in [0.2, 0.25) is 0 Å². The second-order valence-electron chi connectivity index (χ2n) is 8.06. The molecule has 0 radical (unpaired) electrons. The minimum Gasteiger partial charge on any atom is -0.483 e. The summed E-state index contributed by atoms with van der Waals surface area (Å²) in [5.74, 6) is -1.16. The number of nitrogens with one attached hydrogen (secondary N) is 2. The summed E-state index contributed by atoms with van der Waals surface area (Å²) in [6, 6.07) is 4.32. The molecule has 3 rings (SSSR count). The number of hydrogen-bond acceptors (Lipinski definition) is 7. The highest BCUT2D eigenvalue weighted by Crippen LogP contribution is 2.33. The van der Waals surface area contributed by atoms with Crippen LogP contribution in [-0.4, -0.2) is 60.8 Å². The van der Waals surface area contributed by atoms with Crippen LogP contribution < -0.4 is 15.4 Å². The molecule has 1 aromatic rings. The number of fused-ring (bicyclic) bond motifs is 1. The first kappa shape index (κ1) is 24.2. The summed E-state index contributed by atoms with van der Waals surface area (Å²) in [4.78, 5) is 61.0. The molecule has 1 fully saturated rings. The fourth-order valence-corrected chi connectivity index (χ4v) is 3.96. The van der Waals surface area contributed by atoms with Crippen LogP contribution in [0.3, 0.4) is 0 Å². The largest absolute Gasteiger partial charge is 0.483 e. The molecule has 1 atom stereocenters. The van der Waals surface area contributed by atoms with Gasteiger partial charge in [0.25, 0.3) is 11.8 Å². The third-order valence-corrected chi connectivity index (χ3v) is 5.76. The van der Waals surface area contributed by atoms with Crippen molar-refractivity contribution < 1.29 is 33.4 Å². The summed E-state index contributed by atoms with van der Waals surface area (Å²) >= 11 is 0. The molecule has 10 nitrogen and oxygen atoms in total. The Labute approximate surface area is 192 Å². The van der Waals surface area contributed by atoms with Crippen molar-refractivity contribution in [3.63, 3.8) is 0 Å². The molecule has 0 aromatic heterocycles. The van der Waals surface area contributed by atoms with Crippen molar-refractivity contribution in [3.8, 4) is 5.75 Å². The van der Waals surface area contributed by atoms with E-state index in [9.17, 15) is 24.0 Å². The predicted molar refractivity (Wildman–Crippen MR) is 116 cm³/mol. The van der Waals surface area contributed by atoms with Crippen LogP contribution in [0.15, 0.2) is 18.2 Å². The number of hydrogen-bond donors (Lipinski definition) is 2. The normalized spacial score (nSPS) is 17.4. The van der Waals surface area contributed by atoms with E-state index in [0.29, 0.717) is 29.8 Å². The van der Waals surface area contributed by atoms with E-state index >= 15 is 0 Å². The lowest BCUT2D eigenvalue weighted by Gasteiger charge is -2.29. The van der Waals surface area contributed by atoms with E-state index in [1.54, 1.807) is 18.2 Å². The molecule has 0 aliphatic carbocycles. The SMILES string of the molecule is COC(=O)CCCCCCNC(=O)COc1cccc2c1CN(C1CCC(=O)NC1=O)C2=O. The minimum atomic E-state index is -0.702. The Morgan fingerprint density at radius 1 is 1.15 bits per heavy atom. The third-order valence-electron chi connectivity index (χ3n) is 5.76. The number of rotatable bonds is 11. The summed E-state index contributed by atoms with van der Waals surface area (Å²) in [6.07, 6.45) is 4.21. The average molecular weight is 459 g/mol. The van der Waals surface area contributed by atoms with E-state index in [-0.39, 0.29) is 49.7 Å². The second kappa shape index (κ2) is 11.4. The van der Waals surface area contributed by atoms with Crippen LogP contribution in [-0.2, 0) is 30.5 Å². The Kier molecular flexibility index (Phi) is 8.39. The van der Waals surface area contributed by atoms with Crippen LogP contribution in [0.25, 0.3) is 0 Å². The first-order valence-electron chi connectivity index (χ1n) is 11.1. The highest BCUT2D eigenvalue weighted by molar-refractivity contribution is 6.05. The molecule has 33 heavy (non-hydrogen) atoms. The van der Waals surface area contributed by atoms with Gasteiger partial charge in [0.1, 0.15) is 11.8 Å². The molecule has 4 amide bonds. The van der Waals surface area contributed by atoms with E-state index in [2.05, 4.69) is 15.4 Å². The summed E-state index contributed by atoms with van der Waals surface area (Å²) in [5, 5.41) is 5.07. The lowest BCUT2D eigenvalue weighted by molar-refractivity contribution is -0.141. The van der Waals surface area contributed by atoms with Gasteiger partial charge in [-0.25, -0.2) is 0 Å². The first-order chi connectivity index (χ1) is 15.9. The number of benzene rings is 1. The van der Waals surface area contributed by atoms with Crippen LogP contribution in [0.5, 0.6) is 5.75 Å². The molecule has 0 spiro atoms. The van der Waals surface area contributed by atoms with Crippen molar-refractivity contribution in [1.29, 1.82) is 0 Å².